The second-order valence-electron chi connectivity index (χ2n) is 7.09. The Labute approximate surface area is 166 Å². The normalized spacial score (nSPS) is 18.6. The fraction of sp³-hybridized carbons (Fsp3) is 0.238. The van der Waals surface area contributed by atoms with Gasteiger partial charge in [0, 0.05) is 29.2 Å². The fourth-order valence-electron chi connectivity index (χ4n) is 3.75. The van der Waals surface area contributed by atoms with Crippen LogP contribution in [0.3, 0.4) is 0 Å². The van der Waals surface area contributed by atoms with E-state index in [0.717, 1.165) is 11.3 Å². The lowest BCUT2D eigenvalue weighted by molar-refractivity contribution is -0.132. The van der Waals surface area contributed by atoms with Gasteiger partial charge in [0.1, 0.15) is 17.6 Å². The molecule has 0 saturated carbocycles. The third-order valence-corrected chi connectivity index (χ3v) is 5.20. The van der Waals surface area contributed by atoms with Crippen LogP contribution >= 0.6 is 0 Å². The average Bonchev–Trinajstić information content (AvgIpc) is 3.31. The van der Waals surface area contributed by atoms with Gasteiger partial charge in [-0.3, -0.25) is 19.5 Å². The molecule has 1 fully saturated rings. The summed E-state index contributed by atoms with van der Waals surface area (Å²) in [6, 6.07) is 5.84. The Hall–Kier alpha value is -3.68. The molecule has 1 amide bonds. The summed E-state index contributed by atoms with van der Waals surface area (Å²) in [4.78, 5) is 34.7. The highest BCUT2D eigenvalue weighted by molar-refractivity contribution is 6.51. The van der Waals surface area contributed by atoms with Gasteiger partial charge in [0.2, 0.25) is 0 Å². The summed E-state index contributed by atoms with van der Waals surface area (Å²) >= 11 is 0. The average molecular weight is 392 g/mol. The van der Waals surface area contributed by atoms with Crippen LogP contribution in [0.2, 0.25) is 0 Å². The molecule has 0 spiro atoms. The standard InChI is InChI=1S/C21H20N4O4/c1-10-9-15(24-29-10)25-18(14-7-5-6-8-22-14)17(20(27)21(25)28)19(26)16-11(2)12(3)23-13(16)4/h5-9,18,23,26H,1-4H3/b19-17+. The highest BCUT2D eigenvalue weighted by atomic mass is 16.5. The van der Waals surface area contributed by atoms with Crippen LogP contribution in [0.4, 0.5) is 5.82 Å². The number of carbonyl (C=O) groups excluding carboxylic acids is 2. The third-order valence-electron chi connectivity index (χ3n) is 5.20. The highest BCUT2D eigenvalue weighted by Gasteiger charge is 2.49. The maximum Gasteiger partial charge on any atom is 0.301 e. The van der Waals surface area contributed by atoms with E-state index in [9.17, 15) is 14.7 Å². The maximum absolute atomic E-state index is 13.0. The van der Waals surface area contributed by atoms with Crippen molar-refractivity contribution < 1.29 is 19.2 Å². The Kier molecular flexibility index (Phi) is 4.34. The number of aryl methyl sites for hydroxylation is 3. The minimum absolute atomic E-state index is 0.0282. The van der Waals surface area contributed by atoms with Crippen molar-refractivity contribution in [3.63, 3.8) is 0 Å². The number of nitrogens with zero attached hydrogens (tertiary/aromatic N) is 3. The number of H-pyrrole nitrogens is 1. The van der Waals surface area contributed by atoms with Gasteiger partial charge in [0.25, 0.3) is 5.78 Å². The van der Waals surface area contributed by atoms with Crippen molar-refractivity contribution in [1.29, 1.82) is 0 Å². The van der Waals surface area contributed by atoms with Crippen molar-refractivity contribution in [2.75, 3.05) is 4.90 Å². The Morgan fingerprint density at radius 3 is 2.48 bits per heavy atom. The number of ketones is 1. The van der Waals surface area contributed by atoms with Crippen molar-refractivity contribution in [3.8, 4) is 0 Å². The number of carbonyl (C=O) groups is 2. The van der Waals surface area contributed by atoms with E-state index in [4.69, 9.17) is 4.52 Å². The summed E-state index contributed by atoms with van der Waals surface area (Å²) < 4.78 is 5.11. The first kappa shape index (κ1) is 18.7. The van der Waals surface area contributed by atoms with Crippen LogP contribution in [-0.2, 0) is 9.59 Å². The molecule has 8 heteroatoms. The largest absolute Gasteiger partial charge is 0.507 e. The zero-order chi connectivity index (χ0) is 20.9. The summed E-state index contributed by atoms with van der Waals surface area (Å²) in [5, 5.41) is 15.1. The van der Waals surface area contributed by atoms with Crippen LogP contribution in [0.5, 0.6) is 0 Å². The second kappa shape index (κ2) is 6.73. The number of hydrogen-bond acceptors (Lipinski definition) is 6. The van der Waals surface area contributed by atoms with Crippen LogP contribution < -0.4 is 4.90 Å². The van der Waals surface area contributed by atoms with E-state index >= 15 is 0 Å². The van der Waals surface area contributed by atoms with E-state index in [1.807, 2.05) is 20.8 Å². The van der Waals surface area contributed by atoms with Gasteiger partial charge in [-0.15, -0.1) is 0 Å². The maximum atomic E-state index is 13.0. The van der Waals surface area contributed by atoms with E-state index in [1.165, 1.54) is 4.90 Å². The van der Waals surface area contributed by atoms with E-state index in [-0.39, 0.29) is 17.2 Å². The second-order valence-corrected chi connectivity index (χ2v) is 7.09. The number of Topliss-reactive ketones (excluding diaryl/α,β-unsaturated/α-hetero) is 1. The molecule has 8 nitrogen and oxygen atoms in total. The first-order valence-corrected chi connectivity index (χ1v) is 9.12. The van der Waals surface area contributed by atoms with E-state index in [0.29, 0.717) is 22.7 Å². The van der Waals surface area contributed by atoms with Crippen molar-refractivity contribution >= 4 is 23.3 Å². The summed E-state index contributed by atoms with van der Waals surface area (Å²) in [7, 11) is 0. The monoisotopic (exact) mass is 392 g/mol. The lowest BCUT2D eigenvalue weighted by Crippen LogP contribution is -2.30. The van der Waals surface area contributed by atoms with Crippen LogP contribution in [-0.4, -0.2) is 31.9 Å². The number of aromatic amines is 1. The highest BCUT2D eigenvalue weighted by Crippen LogP contribution is 2.42. The molecule has 1 unspecified atom stereocenters. The van der Waals surface area contributed by atoms with Gasteiger partial charge in [-0.2, -0.15) is 0 Å². The molecule has 29 heavy (non-hydrogen) atoms. The number of anilines is 1. The number of rotatable bonds is 3. The van der Waals surface area contributed by atoms with E-state index in [1.54, 1.807) is 37.4 Å². The SMILES string of the molecule is Cc1cc(N2C(=O)C(=O)/C(=C(/O)c3c(C)[nH]c(C)c3C)C2c2ccccn2)no1. The Balaban J connectivity index is 1.99. The van der Waals surface area contributed by atoms with Crippen LogP contribution in [0.15, 0.2) is 40.6 Å². The summed E-state index contributed by atoms with van der Waals surface area (Å²) in [5.74, 6) is -1.14. The van der Waals surface area contributed by atoms with E-state index < -0.39 is 17.7 Å². The molecule has 0 aliphatic carbocycles. The molecule has 0 aromatic carbocycles. The molecule has 4 heterocycles. The molecule has 0 bridgehead atoms. The van der Waals surface area contributed by atoms with Gasteiger partial charge in [-0.1, -0.05) is 11.2 Å². The zero-order valence-corrected chi connectivity index (χ0v) is 16.5. The van der Waals surface area contributed by atoms with Gasteiger partial charge in [0.15, 0.2) is 5.82 Å². The molecule has 1 atom stereocenters. The number of aliphatic hydroxyl groups is 1. The Bertz CT molecular complexity index is 1160. The minimum Gasteiger partial charge on any atom is -0.507 e. The Morgan fingerprint density at radius 1 is 1.17 bits per heavy atom. The number of aromatic nitrogens is 3. The topological polar surface area (TPSA) is 112 Å². The quantitative estimate of drug-likeness (QED) is 0.402. The van der Waals surface area contributed by atoms with Crippen LogP contribution in [0, 0.1) is 27.7 Å². The molecule has 3 aromatic heterocycles. The van der Waals surface area contributed by atoms with Crippen molar-refractivity contribution in [2.24, 2.45) is 0 Å². The lowest BCUT2D eigenvalue weighted by Gasteiger charge is -2.21. The number of hydrogen-bond donors (Lipinski definition) is 2. The molecule has 1 saturated heterocycles. The minimum atomic E-state index is -0.922. The van der Waals surface area contributed by atoms with E-state index in [2.05, 4.69) is 15.1 Å². The Morgan fingerprint density at radius 2 is 1.93 bits per heavy atom. The van der Waals surface area contributed by atoms with Crippen molar-refractivity contribution in [1.82, 2.24) is 15.1 Å². The smallest absolute Gasteiger partial charge is 0.301 e. The van der Waals surface area contributed by atoms with Crippen molar-refractivity contribution in [2.45, 2.75) is 33.7 Å². The molecule has 148 valence electrons. The van der Waals surface area contributed by atoms with Gasteiger partial charge in [-0.25, -0.2) is 0 Å². The molecule has 1 aliphatic rings. The molecule has 1 aliphatic heterocycles. The third kappa shape index (κ3) is 2.84. The van der Waals surface area contributed by atoms with Crippen LogP contribution in [0.1, 0.15) is 40.0 Å². The van der Waals surface area contributed by atoms with Gasteiger partial charge < -0.3 is 14.6 Å². The first-order valence-electron chi connectivity index (χ1n) is 9.12. The molecule has 2 N–H and O–H groups in total. The molecule has 4 rings (SSSR count). The lowest BCUT2D eigenvalue weighted by atomic mass is 9.96. The zero-order valence-electron chi connectivity index (χ0n) is 16.5. The van der Waals surface area contributed by atoms with Crippen LogP contribution in [0.25, 0.3) is 5.76 Å². The first-order chi connectivity index (χ1) is 13.8. The summed E-state index contributed by atoms with van der Waals surface area (Å²) in [5.41, 5.74) is 3.32. The van der Waals surface area contributed by atoms with Gasteiger partial charge in [0.05, 0.1) is 11.3 Å². The summed E-state index contributed by atoms with van der Waals surface area (Å²) in [6.45, 7) is 7.23. The fourth-order valence-corrected chi connectivity index (χ4v) is 3.75. The predicted octanol–water partition coefficient (Wildman–Crippen LogP) is 3.26. The number of pyridine rings is 1. The van der Waals surface area contributed by atoms with Gasteiger partial charge >= 0.3 is 5.91 Å². The predicted molar refractivity (Wildman–Crippen MR) is 105 cm³/mol. The molecular weight excluding hydrogens is 372 g/mol. The number of aliphatic hydroxyl groups excluding tert-OH is 1. The van der Waals surface area contributed by atoms with Crippen molar-refractivity contribution in [3.05, 3.63) is 70.0 Å². The van der Waals surface area contributed by atoms with Gasteiger partial charge in [-0.05, 0) is 45.4 Å². The summed E-state index contributed by atoms with van der Waals surface area (Å²) in [6.07, 6.45) is 1.57. The number of amides is 1. The molecular formula is C21H20N4O4. The molecule has 3 aromatic rings. The number of nitrogens with one attached hydrogen (secondary N) is 1. The molecule has 0 radical (unpaired) electrons.